The van der Waals surface area contributed by atoms with Gasteiger partial charge in [0.15, 0.2) is 0 Å². The van der Waals surface area contributed by atoms with Gasteiger partial charge in [0.1, 0.15) is 11.5 Å². The lowest BCUT2D eigenvalue weighted by Gasteiger charge is -2.11. The Kier molecular flexibility index (Phi) is 7.07. The van der Waals surface area contributed by atoms with Gasteiger partial charge in [-0.15, -0.1) is 0 Å². The molecule has 0 unspecified atom stereocenters. The van der Waals surface area contributed by atoms with E-state index >= 15 is 0 Å². The maximum absolute atomic E-state index is 12.2. The number of aromatic nitrogens is 1. The molecule has 0 atom stereocenters. The van der Waals surface area contributed by atoms with Gasteiger partial charge in [-0.05, 0) is 43.2 Å². The molecule has 0 fully saturated rings. The molecule has 25 heavy (non-hydrogen) atoms. The minimum Gasteiger partial charge on any atom is -0.497 e. The number of nitrogens with zero attached hydrogens (tertiary/aromatic N) is 1. The summed E-state index contributed by atoms with van der Waals surface area (Å²) >= 11 is 0. The minimum absolute atomic E-state index is 0.0452. The molecule has 1 aromatic heterocycles. The summed E-state index contributed by atoms with van der Waals surface area (Å²) in [5, 5.41) is 2.90. The predicted molar refractivity (Wildman–Crippen MR) is 95.1 cm³/mol. The Morgan fingerprint density at radius 3 is 2.72 bits per heavy atom. The first-order valence-electron chi connectivity index (χ1n) is 8.22. The molecule has 6 nitrogen and oxygen atoms in total. The van der Waals surface area contributed by atoms with Crippen LogP contribution in [-0.4, -0.2) is 31.7 Å². The minimum atomic E-state index is -0.0452. The third-order valence-corrected chi connectivity index (χ3v) is 3.72. The van der Waals surface area contributed by atoms with Crippen molar-refractivity contribution in [1.82, 2.24) is 10.3 Å². The second-order valence-electron chi connectivity index (χ2n) is 5.36. The summed E-state index contributed by atoms with van der Waals surface area (Å²) in [7, 11) is 3.23. The molecule has 1 amide bonds. The van der Waals surface area contributed by atoms with Crippen LogP contribution < -0.4 is 19.5 Å². The Bertz CT molecular complexity index is 704. The number of hydrogen-bond donors (Lipinski definition) is 1. The molecule has 0 bridgehead atoms. The average molecular weight is 344 g/mol. The van der Waals surface area contributed by atoms with E-state index in [0.717, 1.165) is 22.6 Å². The molecule has 0 spiro atoms. The van der Waals surface area contributed by atoms with Crippen LogP contribution in [0, 0.1) is 0 Å². The Morgan fingerprint density at radius 2 is 2.00 bits per heavy atom. The zero-order valence-electron chi connectivity index (χ0n) is 14.9. The quantitative estimate of drug-likeness (QED) is 0.757. The number of aryl methyl sites for hydroxylation is 1. The van der Waals surface area contributed by atoms with E-state index in [4.69, 9.17) is 14.2 Å². The van der Waals surface area contributed by atoms with E-state index in [2.05, 4.69) is 10.3 Å². The molecule has 0 saturated heterocycles. The maximum atomic E-state index is 12.2. The van der Waals surface area contributed by atoms with Crippen LogP contribution in [0.3, 0.4) is 0 Å². The van der Waals surface area contributed by atoms with Gasteiger partial charge in [-0.2, -0.15) is 0 Å². The topological polar surface area (TPSA) is 69.7 Å². The monoisotopic (exact) mass is 344 g/mol. The summed E-state index contributed by atoms with van der Waals surface area (Å²) < 4.78 is 16.0. The number of ether oxygens (including phenoxy) is 3. The van der Waals surface area contributed by atoms with Crippen LogP contribution in [0.15, 0.2) is 36.5 Å². The summed E-state index contributed by atoms with van der Waals surface area (Å²) in [5.74, 6) is 2.00. The fourth-order valence-electron chi connectivity index (χ4n) is 2.43. The van der Waals surface area contributed by atoms with Crippen LogP contribution in [0.5, 0.6) is 17.4 Å². The first-order chi connectivity index (χ1) is 12.2. The van der Waals surface area contributed by atoms with E-state index in [1.54, 1.807) is 20.4 Å². The van der Waals surface area contributed by atoms with E-state index in [1.165, 1.54) is 0 Å². The van der Waals surface area contributed by atoms with Crippen molar-refractivity contribution in [2.45, 2.75) is 26.3 Å². The summed E-state index contributed by atoms with van der Waals surface area (Å²) in [6, 6.07) is 9.28. The lowest BCUT2D eigenvalue weighted by molar-refractivity contribution is -0.121. The van der Waals surface area contributed by atoms with Gasteiger partial charge in [-0.25, -0.2) is 4.98 Å². The molecule has 2 rings (SSSR count). The summed E-state index contributed by atoms with van der Waals surface area (Å²) in [6.07, 6.45) is 2.59. The highest BCUT2D eigenvalue weighted by Crippen LogP contribution is 2.25. The average Bonchev–Trinajstić information content (AvgIpc) is 2.65. The third-order valence-electron chi connectivity index (χ3n) is 3.72. The number of nitrogens with one attached hydrogen (secondary N) is 1. The molecule has 0 aliphatic carbocycles. The van der Waals surface area contributed by atoms with E-state index in [0.29, 0.717) is 31.9 Å². The molecule has 2 aromatic rings. The van der Waals surface area contributed by atoms with E-state index < -0.39 is 0 Å². The van der Waals surface area contributed by atoms with E-state index in [-0.39, 0.29) is 5.91 Å². The lowest BCUT2D eigenvalue weighted by Crippen LogP contribution is -2.23. The zero-order valence-corrected chi connectivity index (χ0v) is 14.9. The van der Waals surface area contributed by atoms with Crippen molar-refractivity contribution < 1.29 is 19.0 Å². The highest BCUT2D eigenvalue weighted by molar-refractivity contribution is 5.76. The van der Waals surface area contributed by atoms with Gasteiger partial charge in [0, 0.05) is 24.7 Å². The Hall–Kier alpha value is -2.76. The van der Waals surface area contributed by atoms with Crippen molar-refractivity contribution in [2.24, 2.45) is 0 Å². The number of carbonyl (C=O) groups is 1. The molecule has 134 valence electrons. The highest BCUT2D eigenvalue weighted by atomic mass is 16.5. The molecular weight excluding hydrogens is 320 g/mol. The SMILES string of the molecule is CCOc1ncccc1CNC(=O)CCc1cc(OC)ccc1OC. The Labute approximate surface area is 148 Å². The molecular formula is C19H24N2O4. The van der Waals surface area contributed by atoms with E-state index in [9.17, 15) is 4.79 Å². The molecule has 1 N–H and O–H groups in total. The molecule has 0 radical (unpaired) electrons. The van der Waals surface area contributed by atoms with Gasteiger partial charge in [-0.3, -0.25) is 4.79 Å². The number of pyridine rings is 1. The summed E-state index contributed by atoms with van der Waals surface area (Å²) in [5.41, 5.74) is 1.80. The molecule has 0 saturated carbocycles. The van der Waals surface area contributed by atoms with Gasteiger partial charge >= 0.3 is 0 Å². The van der Waals surface area contributed by atoms with Gasteiger partial charge in [0.2, 0.25) is 11.8 Å². The first kappa shape index (κ1) is 18.6. The number of benzene rings is 1. The van der Waals surface area contributed by atoms with Crippen molar-refractivity contribution >= 4 is 5.91 Å². The largest absolute Gasteiger partial charge is 0.497 e. The number of methoxy groups -OCH3 is 2. The fraction of sp³-hybridized carbons (Fsp3) is 0.368. The zero-order chi connectivity index (χ0) is 18.1. The predicted octanol–water partition coefficient (Wildman–Crippen LogP) is 2.75. The van der Waals surface area contributed by atoms with Crippen molar-refractivity contribution in [3.8, 4) is 17.4 Å². The lowest BCUT2D eigenvalue weighted by atomic mass is 10.1. The normalized spacial score (nSPS) is 10.2. The smallest absolute Gasteiger partial charge is 0.220 e. The standard InChI is InChI=1S/C19H24N2O4/c1-4-25-19-15(6-5-11-20-19)13-21-18(22)10-7-14-12-16(23-2)8-9-17(14)24-3/h5-6,8-9,11-12H,4,7,10,13H2,1-3H3,(H,21,22). The molecule has 6 heteroatoms. The van der Waals surface area contributed by atoms with Gasteiger partial charge in [-0.1, -0.05) is 6.07 Å². The molecule has 0 aliphatic heterocycles. The van der Waals surface area contributed by atoms with Crippen LogP contribution in [0.4, 0.5) is 0 Å². The molecule has 1 heterocycles. The number of hydrogen-bond acceptors (Lipinski definition) is 5. The van der Waals surface area contributed by atoms with Crippen LogP contribution in [0.25, 0.3) is 0 Å². The number of carbonyl (C=O) groups excluding carboxylic acids is 1. The fourth-order valence-corrected chi connectivity index (χ4v) is 2.43. The first-order valence-corrected chi connectivity index (χ1v) is 8.22. The van der Waals surface area contributed by atoms with Crippen molar-refractivity contribution in [2.75, 3.05) is 20.8 Å². The van der Waals surface area contributed by atoms with Gasteiger partial charge < -0.3 is 19.5 Å². The second kappa shape index (κ2) is 9.52. The molecule has 1 aromatic carbocycles. The van der Waals surface area contributed by atoms with Crippen molar-refractivity contribution in [3.05, 3.63) is 47.7 Å². The van der Waals surface area contributed by atoms with Crippen LogP contribution >= 0.6 is 0 Å². The number of amides is 1. The summed E-state index contributed by atoms with van der Waals surface area (Å²) in [4.78, 5) is 16.3. The van der Waals surface area contributed by atoms with Crippen molar-refractivity contribution in [3.63, 3.8) is 0 Å². The van der Waals surface area contributed by atoms with Gasteiger partial charge in [0.05, 0.1) is 20.8 Å². The third kappa shape index (κ3) is 5.38. The highest BCUT2D eigenvalue weighted by Gasteiger charge is 2.10. The van der Waals surface area contributed by atoms with Crippen molar-refractivity contribution in [1.29, 1.82) is 0 Å². The van der Waals surface area contributed by atoms with E-state index in [1.807, 2.05) is 37.3 Å². The summed E-state index contributed by atoms with van der Waals surface area (Å²) in [6.45, 7) is 2.82. The van der Waals surface area contributed by atoms with Crippen LogP contribution in [0.1, 0.15) is 24.5 Å². The van der Waals surface area contributed by atoms with Gasteiger partial charge in [0.25, 0.3) is 0 Å². The van der Waals surface area contributed by atoms with Crippen LogP contribution in [0.2, 0.25) is 0 Å². The van der Waals surface area contributed by atoms with Crippen LogP contribution in [-0.2, 0) is 17.8 Å². The number of rotatable bonds is 9. The Balaban J connectivity index is 1.91. The Morgan fingerprint density at radius 1 is 1.16 bits per heavy atom. The second-order valence-corrected chi connectivity index (χ2v) is 5.36. The maximum Gasteiger partial charge on any atom is 0.220 e. The molecule has 0 aliphatic rings.